The van der Waals surface area contributed by atoms with Crippen LogP contribution in [0.4, 0.5) is 0 Å². The molecule has 3 heterocycles. The molecular formula is C20H22N6O2. The van der Waals surface area contributed by atoms with Crippen molar-refractivity contribution in [2.75, 3.05) is 13.1 Å². The van der Waals surface area contributed by atoms with E-state index in [0.717, 1.165) is 37.8 Å². The summed E-state index contributed by atoms with van der Waals surface area (Å²) in [5.41, 5.74) is 1.44. The summed E-state index contributed by atoms with van der Waals surface area (Å²) >= 11 is 0. The van der Waals surface area contributed by atoms with E-state index in [9.17, 15) is 4.79 Å². The van der Waals surface area contributed by atoms with Gasteiger partial charge in [-0.05, 0) is 25.7 Å². The van der Waals surface area contributed by atoms with Gasteiger partial charge in [-0.25, -0.2) is 4.68 Å². The van der Waals surface area contributed by atoms with Gasteiger partial charge in [0.25, 0.3) is 5.89 Å². The fourth-order valence-corrected chi connectivity index (χ4v) is 3.87. The first-order valence-corrected chi connectivity index (χ1v) is 9.88. The normalized spacial score (nSPS) is 20.1. The highest BCUT2D eigenvalue weighted by molar-refractivity contribution is 5.79. The number of aromatic nitrogens is 5. The summed E-state index contributed by atoms with van der Waals surface area (Å²) in [6.45, 7) is 1.54. The van der Waals surface area contributed by atoms with Crippen LogP contribution in [-0.4, -0.2) is 49.0 Å². The Morgan fingerprint density at radius 1 is 1.11 bits per heavy atom. The average Bonchev–Trinajstić information content (AvgIpc) is 3.37. The Balaban J connectivity index is 1.31. The number of carbonyl (C=O) groups is 1. The molecule has 1 saturated heterocycles. The second-order valence-corrected chi connectivity index (χ2v) is 7.58. The smallest absolute Gasteiger partial charge is 0.280 e. The number of nitrogens with zero attached hydrogens (tertiary/aromatic N) is 6. The SMILES string of the molecule is O=C(C1CCC1)N1CCCC(n2cc(-c3nc(-c4ccccc4)no3)nn2)C1. The van der Waals surface area contributed by atoms with E-state index >= 15 is 0 Å². The Bertz CT molecular complexity index is 962. The maximum Gasteiger partial charge on any atom is 0.280 e. The molecule has 1 saturated carbocycles. The monoisotopic (exact) mass is 378 g/mol. The standard InChI is InChI=1S/C20H22N6O2/c27-20(15-8-4-9-15)25-11-5-10-16(12-25)26-13-17(22-24-26)19-21-18(23-28-19)14-6-2-1-3-7-14/h1-3,6-7,13,15-16H,4-5,8-12H2. The summed E-state index contributed by atoms with van der Waals surface area (Å²) in [6, 6.07) is 9.81. The highest BCUT2D eigenvalue weighted by Gasteiger charge is 2.33. The predicted molar refractivity (Wildman–Crippen MR) is 101 cm³/mol. The van der Waals surface area contributed by atoms with Crippen LogP contribution >= 0.6 is 0 Å². The molecule has 3 aromatic rings. The van der Waals surface area contributed by atoms with Gasteiger partial charge in [0.15, 0.2) is 5.69 Å². The third-order valence-corrected chi connectivity index (χ3v) is 5.72. The van der Waals surface area contributed by atoms with Gasteiger partial charge in [0.05, 0.1) is 12.2 Å². The van der Waals surface area contributed by atoms with Gasteiger partial charge in [0.1, 0.15) is 0 Å². The van der Waals surface area contributed by atoms with E-state index in [1.54, 1.807) is 0 Å². The highest BCUT2D eigenvalue weighted by atomic mass is 16.5. The minimum absolute atomic E-state index is 0.135. The fourth-order valence-electron chi connectivity index (χ4n) is 3.87. The van der Waals surface area contributed by atoms with E-state index in [-0.39, 0.29) is 12.0 Å². The zero-order valence-electron chi connectivity index (χ0n) is 15.6. The Labute approximate surface area is 162 Å². The fraction of sp³-hybridized carbons (Fsp3) is 0.450. The summed E-state index contributed by atoms with van der Waals surface area (Å²) in [7, 11) is 0. The van der Waals surface area contributed by atoms with Gasteiger partial charge in [0, 0.05) is 24.6 Å². The number of likely N-dealkylation sites (tertiary alicyclic amines) is 1. The van der Waals surface area contributed by atoms with Gasteiger partial charge in [-0.3, -0.25) is 4.79 Å². The lowest BCUT2D eigenvalue weighted by atomic mass is 9.84. The molecule has 5 rings (SSSR count). The first-order valence-electron chi connectivity index (χ1n) is 9.88. The maximum atomic E-state index is 12.6. The van der Waals surface area contributed by atoms with Crippen LogP contribution in [0.1, 0.15) is 38.1 Å². The number of hydrogen-bond acceptors (Lipinski definition) is 6. The summed E-state index contributed by atoms with van der Waals surface area (Å²) in [5.74, 6) is 1.42. The van der Waals surface area contributed by atoms with E-state index in [2.05, 4.69) is 20.5 Å². The molecule has 2 aromatic heterocycles. The van der Waals surface area contributed by atoms with Crippen LogP contribution in [0.25, 0.3) is 23.0 Å². The van der Waals surface area contributed by atoms with Crippen LogP contribution in [0.5, 0.6) is 0 Å². The first-order chi connectivity index (χ1) is 13.8. The Morgan fingerprint density at radius 3 is 2.75 bits per heavy atom. The highest BCUT2D eigenvalue weighted by Crippen LogP contribution is 2.31. The lowest BCUT2D eigenvalue weighted by molar-refractivity contribution is -0.139. The molecule has 0 N–H and O–H groups in total. The predicted octanol–water partition coefficient (Wildman–Crippen LogP) is 2.96. The van der Waals surface area contributed by atoms with E-state index in [1.807, 2.05) is 46.1 Å². The Kier molecular flexibility index (Phi) is 4.38. The molecule has 28 heavy (non-hydrogen) atoms. The molecule has 2 fully saturated rings. The van der Waals surface area contributed by atoms with Crippen LogP contribution in [-0.2, 0) is 4.79 Å². The van der Waals surface area contributed by atoms with Crippen molar-refractivity contribution in [2.24, 2.45) is 5.92 Å². The molecular weight excluding hydrogens is 356 g/mol. The van der Waals surface area contributed by atoms with Crippen molar-refractivity contribution in [3.63, 3.8) is 0 Å². The summed E-state index contributed by atoms with van der Waals surface area (Å²) in [6.07, 6.45) is 7.05. The summed E-state index contributed by atoms with van der Waals surface area (Å²) in [5, 5.41) is 12.5. The van der Waals surface area contributed by atoms with Crippen molar-refractivity contribution >= 4 is 5.91 Å². The van der Waals surface area contributed by atoms with Crippen molar-refractivity contribution in [3.8, 4) is 23.0 Å². The maximum absolute atomic E-state index is 12.6. The van der Waals surface area contributed by atoms with Gasteiger partial charge in [-0.1, -0.05) is 47.1 Å². The number of carbonyl (C=O) groups excluding carboxylic acids is 1. The summed E-state index contributed by atoms with van der Waals surface area (Å²) in [4.78, 5) is 19.0. The second kappa shape index (κ2) is 7.18. The van der Waals surface area contributed by atoms with Crippen molar-refractivity contribution in [2.45, 2.75) is 38.1 Å². The molecule has 144 valence electrons. The number of hydrogen-bond donors (Lipinski definition) is 0. The molecule has 1 amide bonds. The van der Waals surface area contributed by atoms with Crippen LogP contribution in [0.15, 0.2) is 41.1 Å². The molecule has 1 aliphatic heterocycles. The molecule has 0 bridgehead atoms. The third kappa shape index (κ3) is 3.19. The molecule has 0 radical (unpaired) electrons. The van der Waals surface area contributed by atoms with E-state index in [1.165, 1.54) is 6.42 Å². The lowest BCUT2D eigenvalue weighted by Gasteiger charge is -2.37. The molecule has 1 unspecified atom stereocenters. The zero-order chi connectivity index (χ0) is 18.9. The number of benzene rings is 1. The molecule has 8 nitrogen and oxygen atoms in total. The summed E-state index contributed by atoms with van der Waals surface area (Å²) < 4.78 is 7.21. The van der Waals surface area contributed by atoms with Gasteiger partial charge in [0.2, 0.25) is 11.7 Å². The topological polar surface area (TPSA) is 89.9 Å². The molecule has 1 aliphatic carbocycles. The van der Waals surface area contributed by atoms with Crippen molar-refractivity contribution in [1.29, 1.82) is 0 Å². The van der Waals surface area contributed by atoms with Crippen molar-refractivity contribution in [3.05, 3.63) is 36.5 Å². The van der Waals surface area contributed by atoms with Crippen molar-refractivity contribution in [1.82, 2.24) is 30.0 Å². The third-order valence-electron chi connectivity index (χ3n) is 5.72. The number of rotatable bonds is 4. The van der Waals surface area contributed by atoms with E-state index < -0.39 is 0 Å². The minimum Gasteiger partial charge on any atom is -0.340 e. The van der Waals surface area contributed by atoms with Gasteiger partial charge >= 0.3 is 0 Å². The van der Waals surface area contributed by atoms with Crippen LogP contribution in [0.3, 0.4) is 0 Å². The molecule has 8 heteroatoms. The first kappa shape index (κ1) is 17.1. The largest absolute Gasteiger partial charge is 0.340 e. The second-order valence-electron chi connectivity index (χ2n) is 7.58. The van der Waals surface area contributed by atoms with E-state index in [0.29, 0.717) is 29.9 Å². The van der Waals surface area contributed by atoms with E-state index in [4.69, 9.17) is 4.52 Å². The Hall–Kier alpha value is -3.03. The average molecular weight is 378 g/mol. The molecule has 1 aromatic carbocycles. The van der Waals surface area contributed by atoms with Crippen molar-refractivity contribution < 1.29 is 9.32 Å². The van der Waals surface area contributed by atoms with Crippen LogP contribution in [0.2, 0.25) is 0 Å². The zero-order valence-corrected chi connectivity index (χ0v) is 15.6. The van der Waals surface area contributed by atoms with Gasteiger partial charge in [-0.2, -0.15) is 4.98 Å². The lowest BCUT2D eigenvalue weighted by Crippen LogP contribution is -2.45. The number of piperidine rings is 1. The molecule has 0 spiro atoms. The molecule has 1 atom stereocenters. The minimum atomic E-state index is 0.135. The quantitative estimate of drug-likeness (QED) is 0.693. The number of amides is 1. The van der Waals surface area contributed by atoms with Crippen LogP contribution < -0.4 is 0 Å². The van der Waals surface area contributed by atoms with Crippen LogP contribution in [0, 0.1) is 5.92 Å². The van der Waals surface area contributed by atoms with Gasteiger partial charge < -0.3 is 9.42 Å². The Morgan fingerprint density at radius 2 is 1.96 bits per heavy atom. The van der Waals surface area contributed by atoms with Gasteiger partial charge in [-0.15, -0.1) is 5.10 Å². The molecule has 2 aliphatic rings.